The van der Waals surface area contributed by atoms with Gasteiger partial charge in [0, 0.05) is 6.04 Å². The molecule has 0 radical (unpaired) electrons. The summed E-state index contributed by atoms with van der Waals surface area (Å²) in [5.41, 5.74) is 12.5. The van der Waals surface area contributed by atoms with Crippen LogP contribution in [0.5, 0.6) is 0 Å². The minimum absolute atomic E-state index is 0. The lowest BCUT2D eigenvalue weighted by atomic mass is 10.2. The Morgan fingerprint density at radius 1 is 1.28 bits per heavy atom. The predicted molar refractivity (Wildman–Crippen MR) is 70.3 cm³/mol. The van der Waals surface area contributed by atoms with E-state index in [0.29, 0.717) is 17.0 Å². The lowest BCUT2D eigenvalue weighted by Gasteiger charge is -2.11. The molecule has 0 amide bonds. The Morgan fingerprint density at radius 2 is 2.06 bits per heavy atom. The van der Waals surface area contributed by atoms with E-state index in [-0.39, 0.29) is 30.5 Å². The van der Waals surface area contributed by atoms with E-state index in [9.17, 15) is 5.11 Å². The van der Waals surface area contributed by atoms with Gasteiger partial charge in [-0.05, 0) is 19.3 Å². The van der Waals surface area contributed by atoms with Crippen LogP contribution in [0.3, 0.4) is 0 Å². The van der Waals surface area contributed by atoms with Gasteiger partial charge in [0.1, 0.15) is 5.52 Å². The smallest absolute Gasteiger partial charge is 0.224 e. The van der Waals surface area contributed by atoms with Gasteiger partial charge in [0.2, 0.25) is 5.95 Å². The van der Waals surface area contributed by atoms with Gasteiger partial charge in [-0.3, -0.25) is 0 Å². The van der Waals surface area contributed by atoms with Crippen LogP contribution in [0.1, 0.15) is 25.3 Å². The summed E-state index contributed by atoms with van der Waals surface area (Å²) < 4.78 is 1.93. The summed E-state index contributed by atoms with van der Waals surface area (Å²) in [4.78, 5) is 12.3. The van der Waals surface area contributed by atoms with E-state index in [0.717, 1.165) is 19.3 Å². The number of anilines is 2. The molecule has 3 rings (SSSR count). The molecule has 2 aromatic heterocycles. The highest BCUT2D eigenvalue weighted by Crippen LogP contribution is 2.32. The molecule has 2 atom stereocenters. The second-order valence-corrected chi connectivity index (χ2v) is 4.41. The minimum Gasteiger partial charge on any atom is -0.393 e. The van der Waals surface area contributed by atoms with E-state index in [1.54, 1.807) is 6.33 Å². The zero-order valence-corrected chi connectivity index (χ0v) is 10.5. The molecule has 7 nitrogen and oxygen atoms in total. The number of nitrogens with two attached hydrogens (primary N) is 2. The van der Waals surface area contributed by atoms with Gasteiger partial charge >= 0.3 is 0 Å². The highest BCUT2D eigenvalue weighted by molar-refractivity contribution is 5.85. The predicted octanol–water partition coefficient (Wildman–Crippen LogP) is 0.498. The highest BCUT2D eigenvalue weighted by Gasteiger charge is 2.26. The van der Waals surface area contributed by atoms with Crippen molar-refractivity contribution in [3.05, 3.63) is 6.33 Å². The lowest BCUT2D eigenvalue weighted by Crippen LogP contribution is -2.08. The molecule has 98 valence electrons. The Hall–Kier alpha value is -1.60. The van der Waals surface area contributed by atoms with E-state index in [1.807, 2.05) is 4.57 Å². The van der Waals surface area contributed by atoms with Crippen molar-refractivity contribution in [2.45, 2.75) is 31.4 Å². The molecule has 0 spiro atoms. The van der Waals surface area contributed by atoms with Crippen LogP contribution >= 0.6 is 12.4 Å². The molecule has 8 heteroatoms. The van der Waals surface area contributed by atoms with Gasteiger partial charge in [-0.15, -0.1) is 12.4 Å². The van der Waals surface area contributed by atoms with E-state index in [1.165, 1.54) is 0 Å². The van der Waals surface area contributed by atoms with E-state index < -0.39 is 0 Å². The third-order valence-electron chi connectivity index (χ3n) is 3.24. The summed E-state index contributed by atoms with van der Waals surface area (Å²) >= 11 is 0. The number of hydrogen-bond donors (Lipinski definition) is 3. The Balaban J connectivity index is 0.00000120. The maximum absolute atomic E-state index is 9.56. The van der Waals surface area contributed by atoms with Crippen molar-refractivity contribution in [2.24, 2.45) is 0 Å². The van der Waals surface area contributed by atoms with Crippen LogP contribution in [0.15, 0.2) is 6.33 Å². The first-order chi connectivity index (χ1) is 8.15. The monoisotopic (exact) mass is 270 g/mol. The summed E-state index contributed by atoms with van der Waals surface area (Å²) in [5, 5.41) is 9.56. The number of nitrogens with zero attached hydrogens (tertiary/aromatic N) is 4. The lowest BCUT2D eigenvalue weighted by molar-refractivity contribution is 0.178. The van der Waals surface area contributed by atoms with Gasteiger partial charge in [-0.25, -0.2) is 4.98 Å². The molecule has 0 aliphatic heterocycles. The number of rotatable bonds is 1. The number of nitrogen functional groups attached to an aromatic ring is 2. The molecule has 0 aromatic carbocycles. The van der Waals surface area contributed by atoms with Crippen LogP contribution < -0.4 is 11.5 Å². The number of halogens is 1. The first kappa shape index (κ1) is 12.8. The Kier molecular flexibility index (Phi) is 3.27. The first-order valence-corrected chi connectivity index (χ1v) is 5.58. The van der Waals surface area contributed by atoms with Gasteiger partial charge in [-0.2, -0.15) is 9.97 Å². The molecule has 1 fully saturated rings. The van der Waals surface area contributed by atoms with E-state index >= 15 is 0 Å². The molecular weight excluding hydrogens is 256 g/mol. The molecule has 1 aliphatic rings. The summed E-state index contributed by atoms with van der Waals surface area (Å²) in [7, 11) is 0. The standard InChI is InChI=1S/C10H14N6O.ClH/c11-8-7-9(15-10(12)14-8)16(4-13-7)5-1-2-6(17)3-5;/h4-6,17H,1-3H2,(H4,11,12,14,15);1H/t5-,6+;/m0./s1. The number of aromatic nitrogens is 4. The SMILES string of the molecule is Cl.Nc1nc(N)c2ncn([C@H]3CC[C@@H](O)C3)c2n1. The number of fused-ring (bicyclic) bond motifs is 1. The van der Waals surface area contributed by atoms with E-state index in [2.05, 4.69) is 15.0 Å². The fourth-order valence-corrected chi connectivity index (χ4v) is 2.41. The van der Waals surface area contributed by atoms with Crippen LogP contribution in [0, 0.1) is 0 Å². The minimum atomic E-state index is -0.242. The van der Waals surface area contributed by atoms with Crippen molar-refractivity contribution in [2.75, 3.05) is 11.5 Å². The maximum Gasteiger partial charge on any atom is 0.224 e. The molecule has 1 saturated carbocycles. The van der Waals surface area contributed by atoms with Crippen LogP contribution in [0.4, 0.5) is 11.8 Å². The third-order valence-corrected chi connectivity index (χ3v) is 3.24. The molecule has 2 heterocycles. The number of aliphatic hydroxyl groups is 1. The maximum atomic E-state index is 9.56. The number of hydrogen-bond acceptors (Lipinski definition) is 6. The number of imidazole rings is 1. The van der Waals surface area contributed by atoms with Gasteiger partial charge in [0.15, 0.2) is 11.5 Å². The Morgan fingerprint density at radius 3 is 2.72 bits per heavy atom. The summed E-state index contributed by atoms with van der Waals surface area (Å²) in [6.07, 6.45) is 3.89. The molecule has 0 saturated heterocycles. The average Bonchev–Trinajstić information content (AvgIpc) is 2.83. The summed E-state index contributed by atoms with van der Waals surface area (Å²) in [5.74, 6) is 0.445. The van der Waals surface area contributed by atoms with Crippen LogP contribution in [0.25, 0.3) is 11.2 Å². The van der Waals surface area contributed by atoms with Gasteiger partial charge in [-0.1, -0.05) is 0 Å². The second-order valence-electron chi connectivity index (χ2n) is 4.41. The third kappa shape index (κ3) is 1.95. The van der Waals surface area contributed by atoms with Crippen LogP contribution in [0.2, 0.25) is 0 Å². The van der Waals surface area contributed by atoms with Gasteiger partial charge < -0.3 is 21.1 Å². The number of aliphatic hydroxyl groups excluding tert-OH is 1. The Labute approximate surface area is 110 Å². The topological polar surface area (TPSA) is 116 Å². The first-order valence-electron chi connectivity index (χ1n) is 5.58. The zero-order valence-electron chi connectivity index (χ0n) is 9.65. The van der Waals surface area contributed by atoms with Crippen molar-refractivity contribution in [3.8, 4) is 0 Å². The fraction of sp³-hybridized carbons (Fsp3) is 0.500. The average molecular weight is 271 g/mol. The van der Waals surface area contributed by atoms with Crippen molar-refractivity contribution >= 4 is 35.3 Å². The molecule has 5 N–H and O–H groups in total. The molecule has 0 bridgehead atoms. The van der Waals surface area contributed by atoms with Gasteiger partial charge in [0.25, 0.3) is 0 Å². The largest absolute Gasteiger partial charge is 0.393 e. The van der Waals surface area contributed by atoms with Gasteiger partial charge in [0.05, 0.1) is 12.4 Å². The normalized spacial score (nSPS) is 23.2. The molecule has 18 heavy (non-hydrogen) atoms. The quantitative estimate of drug-likeness (QED) is 0.695. The van der Waals surface area contributed by atoms with Crippen LogP contribution in [-0.4, -0.2) is 30.7 Å². The highest BCUT2D eigenvalue weighted by atomic mass is 35.5. The van der Waals surface area contributed by atoms with Crippen molar-refractivity contribution < 1.29 is 5.11 Å². The molecule has 0 unspecified atom stereocenters. The van der Waals surface area contributed by atoms with Crippen molar-refractivity contribution in [1.29, 1.82) is 0 Å². The molecule has 2 aromatic rings. The fourth-order valence-electron chi connectivity index (χ4n) is 2.41. The van der Waals surface area contributed by atoms with Crippen molar-refractivity contribution in [1.82, 2.24) is 19.5 Å². The summed E-state index contributed by atoms with van der Waals surface area (Å²) in [6.45, 7) is 0. The summed E-state index contributed by atoms with van der Waals surface area (Å²) in [6, 6.07) is 0.212. The molecular formula is C10H15ClN6O. The second kappa shape index (κ2) is 4.58. The molecule has 1 aliphatic carbocycles. The zero-order chi connectivity index (χ0) is 12.0. The van der Waals surface area contributed by atoms with Crippen LogP contribution in [-0.2, 0) is 0 Å². The Bertz CT molecular complexity index is 571. The van der Waals surface area contributed by atoms with E-state index in [4.69, 9.17) is 11.5 Å². The van der Waals surface area contributed by atoms with Crippen molar-refractivity contribution in [3.63, 3.8) is 0 Å².